The molecule has 90 valence electrons. The lowest BCUT2D eigenvalue weighted by Gasteiger charge is -2.26. The Hall–Kier alpha value is -0.960. The van der Waals surface area contributed by atoms with Gasteiger partial charge in [0.2, 0.25) is 0 Å². The number of aliphatic carboxylic acids is 1. The summed E-state index contributed by atoms with van der Waals surface area (Å²) in [6, 6.07) is 6.20. The van der Waals surface area contributed by atoms with E-state index in [1.165, 1.54) is 10.5 Å². The van der Waals surface area contributed by atoms with E-state index in [0.717, 1.165) is 43.4 Å². The van der Waals surface area contributed by atoms with E-state index in [0.29, 0.717) is 0 Å². The fourth-order valence-corrected chi connectivity index (χ4v) is 4.33. The minimum absolute atomic E-state index is 0.587. The molecule has 0 radical (unpaired) electrons. The summed E-state index contributed by atoms with van der Waals surface area (Å²) in [6.45, 7) is 0. The Bertz CT molecular complexity index is 461. The summed E-state index contributed by atoms with van der Waals surface area (Å²) in [5.74, 6) is 0.475. The third-order valence-electron chi connectivity index (χ3n) is 4.12. The van der Waals surface area contributed by atoms with E-state index >= 15 is 0 Å². The van der Waals surface area contributed by atoms with Gasteiger partial charge in [-0.15, -0.1) is 11.8 Å². The Morgan fingerprint density at radius 1 is 1.29 bits per heavy atom. The number of hydrogen-bond donors (Lipinski definition) is 1. The van der Waals surface area contributed by atoms with Crippen LogP contribution in [0.3, 0.4) is 0 Å². The number of hydrogen-bond acceptors (Lipinski definition) is 2. The van der Waals surface area contributed by atoms with E-state index in [4.69, 9.17) is 0 Å². The number of benzene rings is 1. The Labute approximate surface area is 105 Å². The van der Waals surface area contributed by atoms with Crippen molar-refractivity contribution in [3.8, 4) is 0 Å². The second-order valence-corrected chi connectivity index (χ2v) is 6.11. The van der Waals surface area contributed by atoms with Crippen molar-refractivity contribution in [2.75, 3.05) is 5.75 Å². The van der Waals surface area contributed by atoms with Crippen LogP contribution in [0.25, 0.3) is 0 Å². The highest BCUT2D eigenvalue weighted by Crippen LogP contribution is 2.46. The highest BCUT2D eigenvalue weighted by atomic mass is 32.2. The van der Waals surface area contributed by atoms with Crippen LogP contribution in [0.5, 0.6) is 0 Å². The normalized spacial score (nSPS) is 21.4. The molecular formula is C14H16O2S. The van der Waals surface area contributed by atoms with Crippen molar-refractivity contribution in [3.05, 3.63) is 29.3 Å². The maximum atomic E-state index is 11.7. The zero-order valence-electron chi connectivity index (χ0n) is 9.74. The molecule has 0 amide bonds. The number of carboxylic acids is 1. The van der Waals surface area contributed by atoms with Gasteiger partial charge in [-0.1, -0.05) is 25.0 Å². The van der Waals surface area contributed by atoms with Gasteiger partial charge in [0.25, 0.3) is 0 Å². The number of thioether (sulfide) groups is 1. The molecule has 0 aromatic heterocycles. The summed E-state index contributed by atoms with van der Waals surface area (Å²) < 4.78 is 0. The van der Waals surface area contributed by atoms with Gasteiger partial charge in [-0.05, 0) is 36.5 Å². The van der Waals surface area contributed by atoms with Gasteiger partial charge in [0, 0.05) is 10.6 Å². The first-order valence-electron chi connectivity index (χ1n) is 6.23. The molecular weight excluding hydrogens is 232 g/mol. The van der Waals surface area contributed by atoms with Crippen LogP contribution in [-0.4, -0.2) is 16.8 Å². The molecule has 0 saturated heterocycles. The van der Waals surface area contributed by atoms with E-state index in [1.807, 2.05) is 23.9 Å². The standard InChI is InChI=1S/C14H16O2S/c15-13(16)14(7-1-2-8-14)11-4-3-5-12-10(11)6-9-17-12/h3-5H,1-2,6-9H2,(H,15,16). The molecule has 1 saturated carbocycles. The summed E-state index contributed by atoms with van der Waals surface area (Å²) in [5.41, 5.74) is 1.82. The first kappa shape index (κ1) is 11.1. The van der Waals surface area contributed by atoms with Crippen molar-refractivity contribution in [2.24, 2.45) is 0 Å². The zero-order valence-corrected chi connectivity index (χ0v) is 10.6. The van der Waals surface area contributed by atoms with E-state index in [2.05, 4.69) is 6.07 Å². The minimum Gasteiger partial charge on any atom is -0.481 e. The van der Waals surface area contributed by atoms with Gasteiger partial charge in [0.05, 0.1) is 5.41 Å². The van der Waals surface area contributed by atoms with Crippen molar-refractivity contribution in [1.82, 2.24) is 0 Å². The second-order valence-electron chi connectivity index (χ2n) is 4.98. The quantitative estimate of drug-likeness (QED) is 0.873. The molecule has 0 unspecified atom stereocenters. The molecule has 1 aliphatic heterocycles. The highest BCUT2D eigenvalue weighted by Gasteiger charge is 2.44. The van der Waals surface area contributed by atoms with Crippen LogP contribution < -0.4 is 0 Å². The average molecular weight is 248 g/mol. The smallest absolute Gasteiger partial charge is 0.314 e. The van der Waals surface area contributed by atoms with E-state index in [-0.39, 0.29) is 0 Å². The van der Waals surface area contributed by atoms with E-state index in [9.17, 15) is 9.90 Å². The Morgan fingerprint density at radius 2 is 2.06 bits per heavy atom. The predicted molar refractivity (Wildman–Crippen MR) is 68.7 cm³/mol. The van der Waals surface area contributed by atoms with Crippen LogP contribution >= 0.6 is 11.8 Å². The number of carboxylic acid groups (broad SMARTS) is 1. The molecule has 1 heterocycles. The molecule has 1 aliphatic carbocycles. The lowest BCUT2D eigenvalue weighted by Crippen LogP contribution is -2.33. The highest BCUT2D eigenvalue weighted by molar-refractivity contribution is 7.99. The van der Waals surface area contributed by atoms with Gasteiger partial charge in [-0.2, -0.15) is 0 Å². The summed E-state index contributed by atoms with van der Waals surface area (Å²) in [6.07, 6.45) is 4.74. The fraction of sp³-hybridized carbons (Fsp3) is 0.500. The Kier molecular flexibility index (Phi) is 2.66. The molecule has 1 aromatic rings. The second kappa shape index (κ2) is 4.05. The number of fused-ring (bicyclic) bond motifs is 1. The van der Waals surface area contributed by atoms with Crippen molar-refractivity contribution < 1.29 is 9.90 Å². The summed E-state index contributed by atoms with van der Waals surface area (Å²) >= 11 is 1.86. The molecule has 3 heteroatoms. The lowest BCUT2D eigenvalue weighted by atomic mass is 9.76. The van der Waals surface area contributed by atoms with Crippen molar-refractivity contribution in [2.45, 2.75) is 42.4 Å². The number of rotatable bonds is 2. The van der Waals surface area contributed by atoms with Gasteiger partial charge >= 0.3 is 5.97 Å². The maximum Gasteiger partial charge on any atom is 0.314 e. The molecule has 17 heavy (non-hydrogen) atoms. The topological polar surface area (TPSA) is 37.3 Å². The number of carbonyl (C=O) groups is 1. The SMILES string of the molecule is O=C(O)C1(c2cccc3c2CCS3)CCCC1. The summed E-state index contributed by atoms with van der Waals surface area (Å²) in [4.78, 5) is 13.0. The first-order chi connectivity index (χ1) is 8.24. The summed E-state index contributed by atoms with van der Waals surface area (Å²) in [5, 5.41) is 9.64. The van der Waals surface area contributed by atoms with Gasteiger partial charge < -0.3 is 5.11 Å². The molecule has 2 aliphatic rings. The summed E-state index contributed by atoms with van der Waals surface area (Å²) in [7, 11) is 0. The first-order valence-corrected chi connectivity index (χ1v) is 7.21. The van der Waals surface area contributed by atoms with Crippen LogP contribution in [0.1, 0.15) is 36.8 Å². The molecule has 0 spiro atoms. The molecule has 1 N–H and O–H groups in total. The van der Waals surface area contributed by atoms with Crippen molar-refractivity contribution in [1.29, 1.82) is 0 Å². The Balaban J connectivity index is 2.14. The monoisotopic (exact) mass is 248 g/mol. The van der Waals surface area contributed by atoms with Crippen molar-refractivity contribution in [3.63, 3.8) is 0 Å². The minimum atomic E-state index is -0.625. The average Bonchev–Trinajstić information content (AvgIpc) is 2.98. The van der Waals surface area contributed by atoms with Crippen LogP contribution in [0.2, 0.25) is 0 Å². The predicted octanol–water partition coefficient (Wildman–Crippen LogP) is 3.23. The molecule has 3 rings (SSSR count). The molecule has 1 fully saturated rings. The molecule has 0 atom stereocenters. The van der Waals surface area contributed by atoms with Gasteiger partial charge in [0.1, 0.15) is 0 Å². The van der Waals surface area contributed by atoms with Crippen LogP contribution in [0.4, 0.5) is 0 Å². The van der Waals surface area contributed by atoms with E-state index < -0.39 is 11.4 Å². The Morgan fingerprint density at radius 3 is 2.76 bits per heavy atom. The van der Waals surface area contributed by atoms with E-state index in [1.54, 1.807) is 0 Å². The largest absolute Gasteiger partial charge is 0.481 e. The molecule has 0 bridgehead atoms. The lowest BCUT2D eigenvalue weighted by molar-refractivity contribution is -0.143. The third-order valence-corrected chi connectivity index (χ3v) is 5.23. The van der Waals surface area contributed by atoms with Gasteiger partial charge in [-0.3, -0.25) is 4.79 Å². The fourth-order valence-electron chi connectivity index (χ4n) is 3.25. The van der Waals surface area contributed by atoms with Gasteiger partial charge in [-0.25, -0.2) is 0 Å². The van der Waals surface area contributed by atoms with Crippen LogP contribution in [-0.2, 0) is 16.6 Å². The zero-order chi connectivity index (χ0) is 11.9. The van der Waals surface area contributed by atoms with Crippen LogP contribution in [0, 0.1) is 0 Å². The molecule has 1 aromatic carbocycles. The molecule has 2 nitrogen and oxygen atoms in total. The maximum absolute atomic E-state index is 11.7. The third kappa shape index (κ3) is 1.60. The van der Waals surface area contributed by atoms with Crippen LogP contribution in [0.15, 0.2) is 23.1 Å². The van der Waals surface area contributed by atoms with Gasteiger partial charge in [0.15, 0.2) is 0 Å². The van der Waals surface area contributed by atoms with Crippen molar-refractivity contribution >= 4 is 17.7 Å².